The van der Waals surface area contributed by atoms with E-state index in [-0.39, 0.29) is 18.8 Å². The highest BCUT2D eigenvalue weighted by Crippen LogP contribution is 2.70. The third-order valence-corrected chi connectivity index (χ3v) is 10.2. The van der Waals surface area contributed by atoms with Crippen LogP contribution in [0.1, 0.15) is 52.9 Å². The van der Waals surface area contributed by atoms with Crippen LogP contribution in [0.4, 0.5) is 4.39 Å². The van der Waals surface area contributed by atoms with Crippen LogP contribution in [-0.2, 0) is 19.1 Å². The Balaban J connectivity index is 1.43. The summed E-state index contributed by atoms with van der Waals surface area (Å²) in [5.41, 5.74) is -5.06. The number of ether oxygens (including phenoxy) is 1. The molecule has 5 aliphatic rings. The number of hydrogen-bond acceptors (Lipinski definition) is 7. The minimum atomic E-state index is -2.09. The number of allylic oxidation sites excluding steroid dienone is 5. The molecule has 37 heavy (non-hydrogen) atoms. The first-order valence-electron chi connectivity index (χ1n) is 13.1. The molecule has 8 heteroatoms. The molecule has 3 saturated carbocycles. The number of esters is 1. The molecule has 0 aromatic rings. The first kappa shape index (κ1) is 26.0. The number of aliphatic hydroxyl groups excluding tert-OH is 1. The van der Waals surface area contributed by atoms with E-state index in [4.69, 9.17) is 4.74 Å². The lowest BCUT2D eigenvalue weighted by molar-refractivity contribution is -0.220. The van der Waals surface area contributed by atoms with Gasteiger partial charge < -0.3 is 19.8 Å². The summed E-state index contributed by atoms with van der Waals surface area (Å²) in [6, 6.07) is 0. The standard InChI is InChI=1S/C29H36FNO6/c1-17-12-22-21-8-7-19-13-20(32)9-10-26(19,2)28(21,30)23(33)14-27(22,3)29(17,36)24(34)25(35)37-16-18-6-5-11-31(4)15-18/h5,9-11,13,15,17,21-23,33,36H,6-8,12,14,16H2,1-4H3/t17-,21?,22?,23?,26?,27?,28+,29+/m1/s1. The van der Waals surface area contributed by atoms with Gasteiger partial charge in [-0.2, -0.15) is 0 Å². The number of alkyl halides is 1. The Kier molecular flexibility index (Phi) is 5.96. The lowest BCUT2D eigenvalue weighted by atomic mass is 9.44. The summed E-state index contributed by atoms with van der Waals surface area (Å²) in [5, 5.41) is 23.4. The number of fused-ring (bicyclic) bond motifs is 5. The van der Waals surface area contributed by atoms with Crippen molar-refractivity contribution in [3.05, 3.63) is 47.9 Å². The molecular weight excluding hydrogens is 477 g/mol. The molecule has 3 fully saturated rings. The molecule has 5 unspecified atom stereocenters. The molecule has 7 nitrogen and oxygen atoms in total. The summed E-state index contributed by atoms with van der Waals surface area (Å²) in [6.45, 7) is 5.06. The molecule has 4 aliphatic carbocycles. The van der Waals surface area contributed by atoms with E-state index in [0.29, 0.717) is 31.3 Å². The average Bonchev–Trinajstić information content (AvgIpc) is 3.05. The number of ketones is 2. The Morgan fingerprint density at radius 1 is 1.27 bits per heavy atom. The first-order chi connectivity index (χ1) is 17.3. The Morgan fingerprint density at radius 3 is 2.70 bits per heavy atom. The molecule has 5 rings (SSSR count). The van der Waals surface area contributed by atoms with Crippen LogP contribution in [0.25, 0.3) is 0 Å². The Bertz CT molecular complexity index is 1170. The van der Waals surface area contributed by atoms with Gasteiger partial charge in [0.15, 0.2) is 11.5 Å². The van der Waals surface area contributed by atoms with Crippen molar-refractivity contribution in [2.24, 2.45) is 28.6 Å². The van der Waals surface area contributed by atoms with Crippen LogP contribution in [0.5, 0.6) is 0 Å². The van der Waals surface area contributed by atoms with Gasteiger partial charge >= 0.3 is 5.97 Å². The highest BCUT2D eigenvalue weighted by Gasteiger charge is 2.76. The third kappa shape index (κ3) is 3.41. The van der Waals surface area contributed by atoms with Gasteiger partial charge in [-0.05, 0) is 74.8 Å². The molecule has 200 valence electrons. The maximum Gasteiger partial charge on any atom is 0.378 e. The van der Waals surface area contributed by atoms with Gasteiger partial charge in [-0.3, -0.25) is 9.59 Å². The second kappa shape index (κ2) is 8.46. The lowest BCUT2D eigenvalue weighted by Crippen LogP contribution is -2.69. The number of carbonyl (C=O) groups is 3. The van der Waals surface area contributed by atoms with Crippen molar-refractivity contribution in [1.29, 1.82) is 0 Å². The molecule has 0 radical (unpaired) electrons. The largest absolute Gasteiger partial charge is 0.455 e. The molecular formula is C29H36FNO6. The Morgan fingerprint density at radius 2 is 2.00 bits per heavy atom. The molecule has 0 spiro atoms. The number of Topliss-reactive ketones (excluding diaryl/α,β-unsaturated/α-hetero) is 1. The molecule has 1 aliphatic heterocycles. The molecule has 1 heterocycles. The zero-order chi connectivity index (χ0) is 27.0. The van der Waals surface area contributed by atoms with Crippen molar-refractivity contribution in [3.8, 4) is 0 Å². The quantitative estimate of drug-likeness (QED) is 0.440. The van der Waals surface area contributed by atoms with E-state index in [2.05, 4.69) is 0 Å². The van der Waals surface area contributed by atoms with E-state index in [1.54, 1.807) is 26.8 Å². The van der Waals surface area contributed by atoms with E-state index in [1.807, 2.05) is 30.4 Å². The number of halogens is 1. The van der Waals surface area contributed by atoms with Gasteiger partial charge in [-0.1, -0.05) is 31.6 Å². The molecule has 0 bridgehead atoms. The van der Waals surface area contributed by atoms with E-state index in [1.165, 1.54) is 12.2 Å². The maximum absolute atomic E-state index is 17.2. The highest BCUT2D eigenvalue weighted by molar-refractivity contribution is 6.37. The van der Waals surface area contributed by atoms with Gasteiger partial charge in [0.05, 0.1) is 6.10 Å². The van der Waals surface area contributed by atoms with Crippen LogP contribution in [-0.4, -0.2) is 63.7 Å². The summed E-state index contributed by atoms with van der Waals surface area (Å²) in [5.74, 6) is -4.07. The first-order valence-corrected chi connectivity index (χ1v) is 13.1. The maximum atomic E-state index is 17.2. The fourth-order valence-corrected chi connectivity index (χ4v) is 8.26. The lowest BCUT2D eigenvalue weighted by Gasteiger charge is -2.62. The van der Waals surface area contributed by atoms with Crippen LogP contribution in [0, 0.1) is 28.6 Å². The van der Waals surface area contributed by atoms with E-state index < -0.39 is 57.7 Å². The third-order valence-electron chi connectivity index (χ3n) is 10.2. The summed E-state index contributed by atoms with van der Waals surface area (Å²) in [4.78, 5) is 40.3. The zero-order valence-corrected chi connectivity index (χ0v) is 21.9. The topological polar surface area (TPSA) is 104 Å². The summed E-state index contributed by atoms with van der Waals surface area (Å²) in [6.07, 6.45) is 10.1. The smallest absolute Gasteiger partial charge is 0.378 e. The molecule has 0 aromatic carbocycles. The van der Waals surface area contributed by atoms with Gasteiger partial charge in [0.1, 0.15) is 12.2 Å². The average molecular weight is 514 g/mol. The number of aliphatic hydroxyl groups is 2. The fourth-order valence-electron chi connectivity index (χ4n) is 8.26. The van der Waals surface area contributed by atoms with Crippen LogP contribution in [0.15, 0.2) is 47.9 Å². The predicted molar refractivity (Wildman–Crippen MR) is 133 cm³/mol. The zero-order valence-electron chi connectivity index (χ0n) is 21.9. The SMILES string of the molecule is C[C@@H]1CC2C3CCC4=CC(=O)C=CC4(C)[C@@]3(F)C(O)CC2(C)[C@@]1(O)C(=O)C(=O)OCC1=CN(C)C=CC1. The van der Waals surface area contributed by atoms with Gasteiger partial charge in [-0.15, -0.1) is 0 Å². The molecule has 8 atom stereocenters. The predicted octanol–water partition coefficient (Wildman–Crippen LogP) is 3.18. The van der Waals surface area contributed by atoms with Gasteiger partial charge in [-0.25, -0.2) is 9.18 Å². The van der Waals surface area contributed by atoms with Crippen LogP contribution >= 0.6 is 0 Å². The van der Waals surface area contributed by atoms with Crippen molar-refractivity contribution >= 4 is 17.5 Å². The van der Waals surface area contributed by atoms with Crippen LogP contribution < -0.4 is 0 Å². The van der Waals surface area contributed by atoms with E-state index in [0.717, 1.165) is 5.57 Å². The highest BCUT2D eigenvalue weighted by atomic mass is 19.1. The summed E-state index contributed by atoms with van der Waals surface area (Å²) in [7, 11) is 1.84. The number of hydrogen-bond donors (Lipinski definition) is 2. The monoisotopic (exact) mass is 513 g/mol. The van der Waals surface area contributed by atoms with E-state index >= 15 is 4.39 Å². The Hall–Kier alpha value is -2.58. The second-order valence-corrected chi connectivity index (χ2v) is 12.1. The van der Waals surface area contributed by atoms with Crippen molar-refractivity contribution in [2.75, 3.05) is 13.7 Å². The molecule has 0 amide bonds. The van der Waals surface area contributed by atoms with Crippen molar-refractivity contribution in [3.63, 3.8) is 0 Å². The number of carbonyl (C=O) groups excluding carboxylic acids is 3. The normalized spacial score (nSPS) is 44.4. The van der Waals surface area contributed by atoms with E-state index in [9.17, 15) is 24.6 Å². The minimum absolute atomic E-state index is 0.0682. The van der Waals surface area contributed by atoms with Crippen LogP contribution in [0.3, 0.4) is 0 Å². The van der Waals surface area contributed by atoms with Crippen molar-refractivity contribution in [1.82, 2.24) is 4.90 Å². The van der Waals surface area contributed by atoms with Crippen molar-refractivity contribution < 1.29 is 33.7 Å². The minimum Gasteiger partial charge on any atom is -0.455 e. The summed E-state index contributed by atoms with van der Waals surface area (Å²) >= 11 is 0. The molecule has 0 saturated heterocycles. The molecule has 0 aromatic heterocycles. The molecule has 2 N–H and O–H groups in total. The Labute approximate surface area is 216 Å². The summed E-state index contributed by atoms with van der Waals surface area (Å²) < 4.78 is 22.6. The van der Waals surface area contributed by atoms with Gasteiger partial charge in [0, 0.05) is 30.0 Å². The van der Waals surface area contributed by atoms with Crippen LogP contribution in [0.2, 0.25) is 0 Å². The van der Waals surface area contributed by atoms with Gasteiger partial charge in [0.2, 0.25) is 0 Å². The second-order valence-electron chi connectivity index (χ2n) is 12.1. The number of rotatable bonds is 4. The fraction of sp³-hybridized carbons (Fsp3) is 0.621. The van der Waals surface area contributed by atoms with Crippen molar-refractivity contribution in [2.45, 2.75) is 70.2 Å². The van der Waals surface area contributed by atoms with Gasteiger partial charge in [0.25, 0.3) is 5.78 Å². The number of nitrogens with zero attached hydrogens (tertiary/aromatic N) is 1.